The van der Waals surface area contributed by atoms with E-state index in [2.05, 4.69) is 46.5 Å². The first kappa shape index (κ1) is 15.1. The molecule has 21 heavy (non-hydrogen) atoms. The Morgan fingerprint density at radius 2 is 1.86 bits per heavy atom. The number of aromatic nitrogens is 2. The molecule has 0 aliphatic carbocycles. The third-order valence-electron chi connectivity index (χ3n) is 3.00. The Morgan fingerprint density at radius 3 is 2.48 bits per heavy atom. The molecular weight excluding hydrogens is 268 g/mol. The van der Waals surface area contributed by atoms with E-state index in [0.717, 1.165) is 5.56 Å². The van der Waals surface area contributed by atoms with E-state index in [1.807, 2.05) is 0 Å². The van der Waals surface area contributed by atoms with E-state index in [1.165, 1.54) is 12.7 Å². The standard InChI is InChI=1S/C15H20N4O2/c1-10-4-6-11(7-5-10)8-17-14-13(16)15(21-3)19-12(18-14)9-20-2/h4-7H,8-9,16H2,1-3H3,(H,17,18,19). The quantitative estimate of drug-likeness (QED) is 0.847. The number of nitrogens with two attached hydrogens (primary N) is 1. The molecule has 1 heterocycles. The molecule has 0 fully saturated rings. The first-order valence-electron chi connectivity index (χ1n) is 6.62. The van der Waals surface area contributed by atoms with Crippen LogP contribution in [0.1, 0.15) is 17.0 Å². The van der Waals surface area contributed by atoms with Crippen molar-refractivity contribution < 1.29 is 9.47 Å². The SMILES string of the molecule is COCc1nc(NCc2ccc(C)cc2)c(N)c(OC)n1. The maximum Gasteiger partial charge on any atom is 0.242 e. The van der Waals surface area contributed by atoms with Crippen LogP contribution in [0.15, 0.2) is 24.3 Å². The van der Waals surface area contributed by atoms with Gasteiger partial charge in [-0.15, -0.1) is 0 Å². The molecule has 6 heteroatoms. The van der Waals surface area contributed by atoms with Crippen LogP contribution in [0.5, 0.6) is 5.88 Å². The molecule has 2 aromatic rings. The molecule has 0 aliphatic heterocycles. The highest BCUT2D eigenvalue weighted by atomic mass is 16.5. The van der Waals surface area contributed by atoms with E-state index in [1.54, 1.807) is 7.11 Å². The van der Waals surface area contributed by atoms with Crippen molar-refractivity contribution in [2.45, 2.75) is 20.1 Å². The smallest absolute Gasteiger partial charge is 0.242 e. The lowest BCUT2D eigenvalue weighted by Gasteiger charge is -2.12. The minimum atomic E-state index is 0.301. The highest BCUT2D eigenvalue weighted by molar-refractivity contribution is 5.66. The number of hydrogen-bond acceptors (Lipinski definition) is 6. The second kappa shape index (κ2) is 6.90. The highest BCUT2D eigenvalue weighted by Crippen LogP contribution is 2.26. The summed E-state index contributed by atoms with van der Waals surface area (Å²) in [5.41, 5.74) is 8.76. The van der Waals surface area contributed by atoms with Gasteiger partial charge < -0.3 is 20.5 Å². The fraction of sp³-hybridized carbons (Fsp3) is 0.333. The normalized spacial score (nSPS) is 10.4. The Bertz CT molecular complexity index is 599. The van der Waals surface area contributed by atoms with E-state index in [-0.39, 0.29) is 0 Å². The Labute approximate surface area is 124 Å². The van der Waals surface area contributed by atoms with E-state index >= 15 is 0 Å². The number of aryl methyl sites for hydroxylation is 1. The minimum absolute atomic E-state index is 0.301. The van der Waals surface area contributed by atoms with Crippen LogP contribution in [0.4, 0.5) is 11.5 Å². The number of methoxy groups -OCH3 is 2. The van der Waals surface area contributed by atoms with Crippen molar-refractivity contribution in [3.8, 4) is 5.88 Å². The first-order chi connectivity index (χ1) is 10.1. The van der Waals surface area contributed by atoms with Gasteiger partial charge in [-0.05, 0) is 12.5 Å². The van der Waals surface area contributed by atoms with Gasteiger partial charge in [-0.3, -0.25) is 0 Å². The predicted molar refractivity (Wildman–Crippen MR) is 82.2 cm³/mol. The van der Waals surface area contributed by atoms with Gasteiger partial charge in [0.15, 0.2) is 11.6 Å². The van der Waals surface area contributed by atoms with Crippen LogP contribution in [0, 0.1) is 6.92 Å². The monoisotopic (exact) mass is 288 g/mol. The van der Waals surface area contributed by atoms with Gasteiger partial charge in [0.2, 0.25) is 5.88 Å². The maximum absolute atomic E-state index is 5.99. The summed E-state index contributed by atoms with van der Waals surface area (Å²) >= 11 is 0. The number of nitrogens with one attached hydrogen (secondary N) is 1. The zero-order valence-corrected chi connectivity index (χ0v) is 12.5. The largest absolute Gasteiger partial charge is 0.479 e. The van der Waals surface area contributed by atoms with Gasteiger partial charge in [-0.1, -0.05) is 29.8 Å². The van der Waals surface area contributed by atoms with Crippen LogP contribution >= 0.6 is 0 Å². The number of hydrogen-bond donors (Lipinski definition) is 2. The van der Waals surface area contributed by atoms with Crippen molar-refractivity contribution in [2.24, 2.45) is 0 Å². The minimum Gasteiger partial charge on any atom is -0.479 e. The first-order valence-corrected chi connectivity index (χ1v) is 6.62. The molecule has 0 aliphatic rings. The number of rotatable bonds is 6. The molecule has 6 nitrogen and oxygen atoms in total. The molecule has 0 radical (unpaired) electrons. The molecule has 0 amide bonds. The van der Waals surface area contributed by atoms with Crippen molar-refractivity contribution in [3.05, 3.63) is 41.2 Å². The molecule has 1 aromatic carbocycles. The Kier molecular flexibility index (Phi) is 4.94. The molecule has 0 bridgehead atoms. The Hall–Kier alpha value is -2.34. The number of anilines is 2. The van der Waals surface area contributed by atoms with Crippen LogP contribution < -0.4 is 15.8 Å². The zero-order chi connectivity index (χ0) is 15.2. The second-order valence-corrected chi connectivity index (χ2v) is 4.68. The summed E-state index contributed by atoms with van der Waals surface area (Å²) in [6, 6.07) is 8.26. The molecule has 112 valence electrons. The topological polar surface area (TPSA) is 82.3 Å². The van der Waals surface area contributed by atoms with Crippen LogP contribution in [-0.2, 0) is 17.9 Å². The molecule has 0 saturated heterocycles. The van der Waals surface area contributed by atoms with E-state index in [9.17, 15) is 0 Å². The molecule has 0 saturated carbocycles. The summed E-state index contributed by atoms with van der Waals surface area (Å²) in [6.07, 6.45) is 0. The molecule has 0 spiro atoms. The molecule has 1 aromatic heterocycles. The maximum atomic E-state index is 5.99. The highest BCUT2D eigenvalue weighted by Gasteiger charge is 2.12. The fourth-order valence-electron chi connectivity index (χ4n) is 1.87. The lowest BCUT2D eigenvalue weighted by atomic mass is 10.1. The Balaban J connectivity index is 2.17. The molecule has 0 unspecified atom stereocenters. The predicted octanol–water partition coefficient (Wildman–Crippen LogP) is 2.13. The number of nitrogens with zero attached hydrogens (tertiary/aromatic N) is 2. The summed E-state index contributed by atoms with van der Waals surface area (Å²) in [6.45, 7) is 2.98. The Morgan fingerprint density at radius 1 is 1.14 bits per heavy atom. The number of ether oxygens (including phenoxy) is 2. The molecule has 3 N–H and O–H groups in total. The van der Waals surface area contributed by atoms with Gasteiger partial charge in [-0.25, -0.2) is 4.98 Å². The second-order valence-electron chi connectivity index (χ2n) is 4.68. The van der Waals surface area contributed by atoms with Gasteiger partial charge in [-0.2, -0.15) is 4.98 Å². The van der Waals surface area contributed by atoms with Crippen LogP contribution in [0.25, 0.3) is 0 Å². The van der Waals surface area contributed by atoms with Crippen molar-refractivity contribution in [3.63, 3.8) is 0 Å². The van der Waals surface area contributed by atoms with Crippen molar-refractivity contribution >= 4 is 11.5 Å². The summed E-state index contributed by atoms with van der Waals surface area (Å²) in [5.74, 6) is 1.42. The molecule has 0 atom stereocenters. The summed E-state index contributed by atoms with van der Waals surface area (Å²) in [5, 5.41) is 3.21. The van der Waals surface area contributed by atoms with Crippen molar-refractivity contribution in [1.82, 2.24) is 9.97 Å². The number of nitrogen functional groups attached to an aromatic ring is 1. The molecule has 2 rings (SSSR count). The summed E-state index contributed by atoms with van der Waals surface area (Å²) in [4.78, 5) is 8.54. The van der Waals surface area contributed by atoms with Gasteiger partial charge in [0.25, 0.3) is 0 Å². The summed E-state index contributed by atoms with van der Waals surface area (Å²) in [7, 11) is 3.12. The van der Waals surface area contributed by atoms with Crippen LogP contribution in [0.3, 0.4) is 0 Å². The van der Waals surface area contributed by atoms with E-state index < -0.39 is 0 Å². The van der Waals surface area contributed by atoms with E-state index in [0.29, 0.717) is 36.4 Å². The van der Waals surface area contributed by atoms with Gasteiger partial charge in [0.05, 0.1) is 7.11 Å². The summed E-state index contributed by atoms with van der Waals surface area (Å²) < 4.78 is 10.2. The average Bonchev–Trinajstić information content (AvgIpc) is 2.49. The third kappa shape index (κ3) is 3.82. The van der Waals surface area contributed by atoms with E-state index in [4.69, 9.17) is 15.2 Å². The van der Waals surface area contributed by atoms with Crippen LogP contribution in [-0.4, -0.2) is 24.2 Å². The van der Waals surface area contributed by atoms with Crippen LogP contribution in [0.2, 0.25) is 0 Å². The number of benzene rings is 1. The van der Waals surface area contributed by atoms with Gasteiger partial charge in [0.1, 0.15) is 12.3 Å². The average molecular weight is 288 g/mol. The van der Waals surface area contributed by atoms with Crippen molar-refractivity contribution in [2.75, 3.05) is 25.3 Å². The molecular formula is C15H20N4O2. The van der Waals surface area contributed by atoms with Crippen molar-refractivity contribution in [1.29, 1.82) is 0 Å². The fourth-order valence-corrected chi connectivity index (χ4v) is 1.87. The lowest BCUT2D eigenvalue weighted by molar-refractivity contribution is 0.177. The zero-order valence-electron chi connectivity index (χ0n) is 12.5. The lowest BCUT2D eigenvalue weighted by Crippen LogP contribution is -2.10. The van der Waals surface area contributed by atoms with Gasteiger partial charge >= 0.3 is 0 Å². The third-order valence-corrected chi connectivity index (χ3v) is 3.00. The van der Waals surface area contributed by atoms with Gasteiger partial charge in [0, 0.05) is 13.7 Å².